The molecule has 2 heteroatoms. The van der Waals surface area contributed by atoms with Crippen molar-refractivity contribution in [3.05, 3.63) is 29.8 Å². The van der Waals surface area contributed by atoms with Gasteiger partial charge in [-0.25, -0.2) is 0 Å². The topological polar surface area (TPSA) is 21.3 Å². The van der Waals surface area contributed by atoms with Crippen LogP contribution in [0, 0.1) is 5.41 Å². The van der Waals surface area contributed by atoms with Crippen molar-refractivity contribution in [1.82, 2.24) is 5.32 Å². The Kier molecular flexibility index (Phi) is 6.36. The summed E-state index contributed by atoms with van der Waals surface area (Å²) in [6.45, 7) is 12.9. The largest absolute Gasteiger partial charge is 0.494 e. The molecular weight excluding hydrogens is 234 g/mol. The van der Waals surface area contributed by atoms with Crippen LogP contribution in [-0.4, -0.2) is 19.2 Å². The monoisotopic (exact) mass is 263 g/mol. The number of hydrogen-bond donors (Lipinski definition) is 1. The van der Waals surface area contributed by atoms with Crippen LogP contribution in [-0.2, 0) is 6.42 Å². The lowest BCUT2D eigenvalue weighted by atomic mass is 9.83. The number of benzene rings is 1. The maximum Gasteiger partial charge on any atom is 0.119 e. The molecule has 0 fully saturated rings. The summed E-state index contributed by atoms with van der Waals surface area (Å²) in [5.74, 6) is 0.963. The Balaban J connectivity index is 2.54. The second-order valence-corrected chi connectivity index (χ2v) is 6.09. The van der Waals surface area contributed by atoms with Gasteiger partial charge in [-0.1, -0.05) is 39.8 Å². The van der Waals surface area contributed by atoms with Crippen LogP contribution in [0.3, 0.4) is 0 Å². The second-order valence-electron chi connectivity index (χ2n) is 6.09. The van der Waals surface area contributed by atoms with Gasteiger partial charge in [-0.05, 0) is 49.4 Å². The van der Waals surface area contributed by atoms with Gasteiger partial charge in [0.05, 0.1) is 6.61 Å². The Morgan fingerprint density at radius 1 is 1.11 bits per heavy atom. The van der Waals surface area contributed by atoms with Gasteiger partial charge in [-0.3, -0.25) is 0 Å². The molecule has 0 bridgehead atoms. The first-order valence-corrected chi connectivity index (χ1v) is 7.42. The third-order valence-corrected chi connectivity index (χ3v) is 3.45. The van der Waals surface area contributed by atoms with Crippen molar-refractivity contribution < 1.29 is 4.74 Å². The number of ether oxygens (including phenoxy) is 1. The van der Waals surface area contributed by atoms with Crippen LogP contribution in [0.1, 0.15) is 46.6 Å². The molecule has 1 unspecified atom stereocenters. The molecule has 0 radical (unpaired) electrons. The molecule has 0 aromatic heterocycles. The highest BCUT2D eigenvalue weighted by Gasteiger charge is 2.23. The van der Waals surface area contributed by atoms with E-state index in [1.165, 1.54) is 12.0 Å². The summed E-state index contributed by atoms with van der Waals surface area (Å²) >= 11 is 0. The number of hydrogen-bond acceptors (Lipinski definition) is 2. The van der Waals surface area contributed by atoms with Gasteiger partial charge in [0.25, 0.3) is 0 Å². The molecule has 1 aromatic carbocycles. The molecule has 1 aromatic rings. The van der Waals surface area contributed by atoms with E-state index in [2.05, 4.69) is 57.3 Å². The third-order valence-electron chi connectivity index (χ3n) is 3.45. The maximum atomic E-state index is 5.47. The Hall–Kier alpha value is -1.02. The van der Waals surface area contributed by atoms with Crippen molar-refractivity contribution in [2.75, 3.05) is 13.2 Å². The highest BCUT2D eigenvalue weighted by Crippen LogP contribution is 2.23. The summed E-state index contributed by atoms with van der Waals surface area (Å²) in [7, 11) is 0. The molecule has 0 saturated heterocycles. The Morgan fingerprint density at radius 3 is 2.21 bits per heavy atom. The van der Waals surface area contributed by atoms with E-state index in [1.807, 2.05) is 6.92 Å². The van der Waals surface area contributed by atoms with Crippen LogP contribution in [0.15, 0.2) is 24.3 Å². The van der Waals surface area contributed by atoms with Gasteiger partial charge >= 0.3 is 0 Å². The number of aryl methyl sites for hydroxylation is 1. The molecule has 1 rings (SSSR count). The van der Waals surface area contributed by atoms with Gasteiger partial charge in [-0.2, -0.15) is 0 Å². The van der Waals surface area contributed by atoms with Gasteiger partial charge in [0.2, 0.25) is 0 Å². The van der Waals surface area contributed by atoms with Crippen molar-refractivity contribution >= 4 is 0 Å². The van der Waals surface area contributed by atoms with Gasteiger partial charge in [0, 0.05) is 6.04 Å². The zero-order valence-corrected chi connectivity index (χ0v) is 13.1. The summed E-state index contributed by atoms with van der Waals surface area (Å²) in [4.78, 5) is 0. The molecule has 19 heavy (non-hydrogen) atoms. The van der Waals surface area contributed by atoms with E-state index in [-0.39, 0.29) is 0 Å². The predicted octanol–water partition coefficient (Wildman–Crippen LogP) is 4.04. The summed E-state index contributed by atoms with van der Waals surface area (Å²) in [6.07, 6.45) is 2.28. The quantitative estimate of drug-likeness (QED) is 0.801. The fourth-order valence-corrected chi connectivity index (χ4v) is 2.32. The average Bonchev–Trinajstić information content (AvgIpc) is 2.35. The molecule has 1 N–H and O–H groups in total. The zero-order valence-electron chi connectivity index (χ0n) is 13.1. The average molecular weight is 263 g/mol. The minimum absolute atomic E-state index is 0.307. The SMILES string of the molecule is CCNC(CCc1ccc(OCC)cc1)C(C)(C)C. The van der Waals surface area contributed by atoms with Crippen LogP contribution in [0.25, 0.3) is 0 Å². The van der Waals surface area contributed by atoms with Crippen LogP contribution in [0.2, 0.25) is 0 Å². The lowest BCUT2D eigenvalue weighted by molar-refractivity contribution is 0.258. The molecule has 0 aliphatic heterocycles. The van der Waals surface area contributed by atoms with Crippen molar-refractivity contribution in [3.63, 3.8) is 0 Å². The second kappa shape index (κ2) is 7.54. The molecule has 108 valence electrons. The smallest absolute Gasteiger partial charge is 0.119 e. The molecule has 0 aliphatic rings. The van der Waals surface area contributed by atoms with Crippen molar-refractivity contribution in [1.29, 1.82) is 0 Å². The summed E-state index contributed by atoms with van der Waals surface area (Å²) in [5.41, 5.74) is 1.69. The highest BCUT2D eigenvalue weighted by molar-refractivity contribution is 5.27. The standard InChI is InChI=1S/C17H29NO/c1-6-18-16(17(3,4)5)13-10-14-8-11-15(12-9-14)19-7-2/h8-9,11-12,16,18H,6-7,10,13H2,1-5H3. The predicted molar refractivity (Wildman–Crippen MR) is 82.9 cm³/mol. The van der Waals surface area contributed by atoms with Gasteiger partial charge in [0.1, 0.15) is 5.75 Å². The van der Waals surface area contributed by atoms with E-state index in [4.69, 9.17) is 4.74 Å². The van der Waals surface area contributed by atoms with Gasteiger partial charge < -0.3 is 10.1 Å². The Bertz CT molecular complexity index is 351. The van der Waals surface area contributed by atoms with E-state index >= 15 is 0 Å². The first-order chi connectivity index (χ1) is 8.97. The Labute approximate surface area is 118 Å². The first-order valence-electron chi connectivity index (χ1n) is 7.42. The maximum absolute atomic E-state index is 5.47. The van der Waals surface area contributed by atoms with E-state index in [9.17, 15) is 0 Å². The van der Waals surface area contributed by atoms with E-state index in [0.717, 1.165) is 25.3 Å². The number of nitrogens with one attached hydrogen (secondary N) is 1. The minimum Gasteiger partial charge on any atom is -0.494 e. The molecule has 0 heterocycles. The normalized spacial score (nSPS) is 13.3. The Morgan fingerprint density at radius 2 is 1.74 bits per heavy atom. The first kappa shape index (κ1) is 16.0. The van der Waals surface area contributed by atoms with Crippen molar-refractivity contribution in [3.8, 4) is 5.75 Å². The molecule has 0 amide bonds. The van der Waals surface area contributed by atoms with Crippen LogP contribution >= 0.6 is 0 Å². The molecule has 0 spiro atoms. The molecule has 2 nitrogen and oxygen atoms in total. The van der Waals surface area contributed by atoms with Crippen molar-refractivity contribution in [2.24, 2.45) is 5.41 Å². The van der Waals surface area contributed by atoms with Gasteiger partial charge in [-0.15, -0.1) is 0 Å². The zero-order chi connectivity index (χ0) is 14.3. The van der Waals surface area contributed by atoms with E-state index in [0.29, 0.717) is 11.5 Å². The van der Waals surface area contributed by atoms with Gasteiger partial charge in [0.15, 0.2) is 0 Å². The van der Waals surface area contributed by atoms with Crippen LogP contribution in [0.4, 0.5) is 0 Å². The lowest BCUT2D eigenvalue weighted by Gasteiger charge is -2.31. The van der Waals surface area contributed by atoms with E-state index in [1.54, 1.807) is 0 Å². The summed E-state index contributed by atoms with van der Waals surface area (Å²) in [5, 5.41) is 3.60. The van der Waals surface area contributed by atoms with Crippen LogP contribution < -0.4 is 10.1 Å². The molecular formula is C17H29NO. The molecule has 1 atom stereocenters. The fourth-order valence-electron chi connectivity index (χ4n) is 2.32. The van der Waals surface area contributed by atoms with Crippen molar-refractivity contribution in [2.45, 2.75) is 53.5 Å². The molecule has 0 saturated carbocycles. The lowest BCUT2D eigenvalue weighted by Crippen LogP contribution is -2.40. The summed E-state index contributed by atoms with van der Waals surface area (Å²) in [6, 6.07) is 9.05. The highest BCUT2D eigenvalue weighted by atomic mass is 16.5. The minimum atomic E-state index is 0.307. The fraction of sp³-hybridized carbons (Fsp3) is 0.647. The van der Waals surface area contributed by atoms with E-state index < -0.39 is 0 Å². The third kappa shape index (κ3) is 5.65. The molecule has 0 aliphatic carbocycles. The summed E-state index contributed by atoms with van der Waals surface area (Å²) < 4.78 is 5.47. The van der Waals surface area contributed by atoms with Crippen LogP contribution in [0.5, 0.6) is 5.75 Å². The number of rotatable bonds is 7.